The highest BCUT2D eigenvalue weighted by molar-refractivity contribution is 7.91. The van der Waals surface area contributed by atoms with Gasteiger partial charge in [-0.2, -0.15) is 0 Å². The van der Waals surface area contributed by atoms with Gasteiger partial charge >= 0.3 is 0 Å². The average Bonchev–Trinajstić information content (AvgIpc) is 2.77. The Morgan fingerprint density at radius 2 is 1.88 bits per heavy atom. The van der Waals surface area contributed by atoms with E-state index in [-0.39, 0.29) is 17.3 Å². The lowest BCUT2D eigenvalue weighted by Gasteiger charge is -2.40. The molecule has 1 aromatic carbocycles. The lowest BCUT2D eigenvalue weighted by molar-refractivity contribution is -0.128. The molecule has 132 valence electrons. The number of piperidine rings is 1. The van der Waals surface area contributed by atoms with Crippen LogP contribution < -0.4 is 5.32 Å². The van der Waals surface area contributed by atoms with E-state index in [1.807, 2.05) is 6.07 Å². The van der Waals surface area contributed by atoms with Gasteiger partial charge in [-0.1, -0.05) is 18.2 Å². The van der Waals surface area contributed by atoms with Gasteiger partial charge in [0.15, 0.2) is 9.84 Å². The number of carbonyl (C=O) groups excluding carboxylic acids is 1. The first-order chi connectivity index (χ1) is 11.5. The first-order valence-corrected chi connectivity index (χ1v) is 10.1. The van der Waals surface area contributed by atoms with E-state index in [0.717, 1.165) is 25.9 Å². The number of rotatable bonds is 4. The molecule has 2 aliphatic rings. The molecule has 1 aromatic rings. The predicted molar refractivity (Wildman–Crippen MR) is 90.5 cm³/mol. The van der Waals surface area contributed by atoms with Crippen LogP contribution in [0, 0.1) is 0 Å². The lowest BCUT2D eigenvalue weighted by Crippen LogP contribution is -2.48. The third-order valence-corrected chi connectivity index (χ3v) is 6.57. The quantitative estimate of drug-likeness (QED) is 0.869. The molecule has 0 atom stereocenters. The Labute approximate surface area is 143 Å². The molecule has 0 saturated carbocycles. The van der Waals surface area contributed by atoms with E-state index in [1.165, 1.54) is 0 Å². The summed E-state index contributed by atoms with van der Waals surface area (Å²) in [7, 11) is -3.24. The second kappa shape index (κ2) is 7.21. The van der Waals surface area contributed by atoms with Gasteiger partial charge in [0.25, 0.3) is 0 Å². The summed E-state index contributed by atoms with van der Waals surface area (Å²) >= 11 is 0. The largest absolute Gasteiger partial charge is 0.373 e. The van der Waals surface area contributed by atoms with Gasteiger partial charge in [0, 0.05) is 26.2 Å². The van der Waals surface area contributed by atoms with E-state index in [9.17, 15) is 13.2 Å². The zero-order chi connectivity index (χ0) is 17.0. The Morgan fingerprint density at radius 3 is 2.58 bits per heavy atom. The first kappa shape index (κ1) is 17.4. The molecule has 1 amide bonds. The zero-order valence-electron chi connectivity index (χ0n) is 13.7. The smallest absolute Gasteiger partial charge is 0.222 e. The number of ether oxygens (including phenoxy) is 1. The zero-order valence-corrected chi connectivity index (χ0v) is 14.6. The van der Waals surface area contributed by atoms with Gasteiger partial charge in [-0.25, -0.2) is 8.42 Å². The highest BCUT2D eigenvalue weighted by atomic mass is 32.2. The van der Waals surface area contributed by atoms with E-state index in [2.05, 4.69) is 10.2 Å². The van der Waals surface area contributed by atoms with Crippen LogP contribution in [0.25, 0.3) is 0 Å². The number of carbonyl (C=O) groups is 1. The van der Waals surface area contributed by atoms with Crippen molar-refractivity contribution in [3.8, 4) is 0 Å². The molecule has 6 nitrogen and oxygen atoms in total. The van der Waals surface area contributed by atoms with E-state index in [1.54, 1.807) is 24.3 Å². The summed E-state index contributed by atoms with van der Waals surface area (Å²) in [6.07, 6.45) is 1.95. The van der Waals surface area contributed by atoms with Crippen molar-refractivity contribution in [3.63, 3.8) is 0 Å². The number of nitrogens with zero attached hydrogens (tertiary/aromatic N) is 1. The maximum absolute atomic E-state index is 12.4. The average molecular weight is 352 g/mol. The lowest BCUT2D eigenvalue weighted by atomic mass is 9.87. The van der Waals surface area contributed by atoms with E-state index >= 15 is 0 Å². The maximum atomic E-state index is 12.4. The second-order valence-corrected chi connectivity index (χ2v) is 8.64. The van der Waals surface area contributed by atoms with Crippen molar-refractivity contribution in [3.05, 3.63) is 30.3 Å². The number of hydrogen-bond donors (Lipinski definition) is 1. The van der Waals surface area contributed by atoms with Crippen molar-refractivity contribution in [2.75, 3.05) is 38.5 Å². The molecule has 1 N–H and O–H groups in total. The second-order valence-electron chi connectivity index (χ2n) is 6.53. The summed E-state index contributed by atoms with van der Waals surface area (Å²) in [6, 6.07) is 8.57. The monoisotopic (exact) mass is 352 g/mol. The van der Waals surface area contributed by atoms with Gasteiger partial charge in [0.1, 0.15) is 0 Å². The van der Waals surface area contributed by atoms with Crippen LogP contribution in [-0.2, 0) is 19.4 Å². The molecule has 3 rings (SSSR count). The Morgan fingerprint density at radius 1 is 1.17 bits per heavy atom. The number of sulfone groups is 1. The minimum atomic E-state index is -3.24. The van der Waals surface area contributed by atoms with Crippen molar-refractivity contribution >= 4 is 15.7 Å². The Balaban J connectivity index is 1.53. The number of hydrogen-bond acceptors (Lipinski definition) is 5. The van der Waals surface area contributed by atoms with Crippen LogP contribution in [-0.4, -0.2) is 63.4 Å². The molecular weight excluding hydrogens is 328 g/mol. The predicted octanol–water partition coefficient (Wildman–Crippen LogP) is 0.831. The molecule has 1 spiro atoms. The van der Waals surface area contributed by atoms with Crippen molar-refractivity contribution < 1.29 is 17.9 Å². The van der Waals surface area contributed by atoms with Crippen LogP contribution in [0.4, 0.5) is 0 Å². The Kier molecular flexibility index (Phi) is 5.22. The van der Waals surface area contributed by atoms with Gasteiger partial charge in [-0.15, -0.1) is 0 Å². The van der Waals surface area contributed by atoms with Gasteiger partial charge in [-0.3, -0.25) is 4.79 Å². The Bertz CT molecular complexity index is 667. The van der Waals surface area contributed by atoms with Crippen LogP contribution in [0.1, 0.15) is 19.3 Å². The summed E-state index contributed by atoms with van der Waals surface area (Å²) in [5, 5.41) is 2.83. The maximum Gasteiger partial charge on any atom is 0.222 e. The van der Waals surface area contributed by atoms with Gasteiger partial charge in [0.2, 0.25) is 5.91 Å². The first-order valence-electron chi connectivity index (χ1n) is 8.40. The van der Waals surface area contributed by atoms with E-state index in [0.29, 0.717) is 31.0 Å². The number of benzene rings is 1. The Hall–Kier alpha value is -1.44. The van der Waals surface area contributed by atoms with Crippen molar-refractivity contribution in [1.29, 1.82) is 0 Å². The van der Waals surface area contributed by atoms with Crippen LogP contribution in [0.3, 0.4) is 0 Å². The molecule has 2 fully saturated rings. The highest BCUT2D eigenvalue weighted by Gasteiger charge is 2.38. The van der Waals surface area contributed by atoms with Crippen LogP contribution in [0.15, 0.2) is 35.2 Å². The SMILES string of the molecule is O=C1CC2(CCN(CCS(=O)(=O)c3ccccc3)CC2)OCCN1. The third-order valence-electron chi connectivity index (χ3n) is 4.86. The van der Waals surface area contributed by atoms with Gasteiger partial charge in [-0.05, 0) is 25.0 Å². The summed E-state index contributed by atoms with van der Waals surface area (Å²) in [4.78, 5) is 14.3. The minimum Gasteiger partial charge on any atom is -0.373 e. The van der Waals surface area contributed by atoms with Crippen molar-refractivity contribution in [1.82, 2.24) is 10.2 Å². The van der Waals surface area contributed by atoms with Crippen LogP contribution in [0.2, 0.25) is 0 Å². The molecule has 0 radical (unpaired) electrons. The number of likely N-dealkylation sites (tertiary alicyclic amines) is 1. The number of amides is 1. The van der Waals surface area contributed by atoms with E-state index in [4.69, 9.17) is 4.74 Å². The normalized spacial score (nSPS) is 22.1. The van der Waals surface area contributed by atoms with Crippen LogP contribution >= 0.6 is 0 Å². The molecule has 7 heteroatoms. The molecule has 0 aromatic heterocycles. The standard InChI is InChI=1S/C17H24N2O4S/c20-16-14-17(23-12-8-18-16)6-9-19(10-7-17)11-13-24(21,22)15-4-2-1-3-5-15/h1-5H,6-14H2,(H,18,20). The minimum absolute atomic E-state index is 0.0487. The highest BCUT2D eigenvalue weighted by Crippen LogP contribution is 2.30. The summed E-state index contributed by atoms with van der Waals surface area (Å²) in [6.45, 7) is 3.16. The van der Waals surface area contributed by atoms with Gasteiger partial charge in [0.05, 0.1) is 29.3 Å². The van der Waals surface area contributed by atoms with Crippen molar-refractivity contribution in [2.45, 2.75) is 29.8 Å². The molecule has 0 aliphatic carbocycles. The van der Waals surface area contributed by atoms with Gasteiger partial charge < -0.3 is 15.0 Å². The summed E-state index contributed by atoms with van der Waals surface area (Å²) in [5.41, 5.74) is -0.366. The summed E-state index contributed by atoms with van der Waals surface area (Å²) in [5.74, 6) is 0.165. The summed E-state index contributed by atoms with van der Waals surface area (Å²) < 4.78 is 30.6. The van der Waals surface area contributed by atoms with Crippen molar-refractivity contribution in [2.24, 2.45) is 0 Å². The molecule has 2 aliphatic heterocycles. The van der Waals surface area contributed by atoms with Crippen LogP contribution in [0.5, 0.6) is 0 Å². The third kappa shape index (κ3) is 4.15. The molecular formula is C17H24N2O4S. The molecule has 24 heavy (non-hydrogen) atoms. The fourth-order valence-electron chi connectivity index (χ4n) is 3.36. The molecule has 2 heterocycles. The topological polar surface area (TPSA) is 75.7 Å². The fraction of sp³-hybridized carbons (Fsp3) is 0.588. The molecule has 2 saturated heterocycles. The molecule has 0 bridgehead atoms. The number of nitrogens with one attached hydrogen (secondary N) is 1. The van der Waals surface area contributed by atoms with E-state index < -0.39 is 9.84 Å². The molecule has 0 unspecified atom stereocenters. The fourth-order valence-corrected chi connectivity index (χ4v) is 4.67.